The maximum absolute atomic E-state index is 15.1. The number of hydrogen-bond donors (Lipinski definition) is 1. The molecule has 0 amide bonds. The van der Waals surface area contributed by atoms with E-state index in [1.54, 1.807) is 6.07 Å². The van der Waals surface area contributed by atoms with Gasteiger partial charge in [-0.25, -0.2) is 22.2 Å². The molecule has 11 heteroatoms. The molecule has 1 N–H and O–H groups in total. The van der Waals surface area contributed by atoms with Crippen LogP contribution in [0.3, 0.4) is 0 Å². The number of piperazine rings is 1. The lowest BCUT2D eigenvalue weighted by Gasteiger charge is -2.37. The summed E-state index contributed by atoms with van der Waals surface area (Å²) in [6.07, 6.45) is 2.74. The van der Waals surface area contributed by atoms with Crippen LogP contribution in [-0.2, 0) is 16.6 Å². The molecule has 1 saturated heterocycles. The van der Waals surface area contributed by atoms with Gasteiger partial charge in [0, 0.05) is 62.3 Å². The molecule has 3 aromatic rings. The molecule has 0 aliphatic carbocycles. The number of pyridine rings is 2. The number of anilines is 1. The third-order valence-electron chi connectivity index (χ3n) is 6.20. The zero-order valence-corrected chi connectivity index (χ0v) is 21.2. The minimum absolute atomic E-state index is 0.0547. The lowest BCUT2D eigenvalue weighted by molar-refractivity contribution is 0.103. The van der Waals surface area contributed by atoms with Gasteiger partial charge in [-0.2, -0.15) is 0 Å². The summed E-state index contributed by atoms with van der Waals surface area (Å²) in [6.45, 7) is 7.95. The van der Waals surface area contributed by atoms with E-state index in [0.717, 1.165) is 26.2 Å². The number of sulfonamides is 1. The van der Waals surface area contributed by atoms with Crippen molar-refractivity contribution in [2.45, 2.75) is 31.3 Å². The summed E-state index contributed by atoms with van der Waals surface area (Å²) in [6, 6.07) is 9.09. The second-order valence-electron chi connectivity index (χ2n) is 8.85. The highest BCUT2D eigenvalue weighted by Gasteiger charge is 2.23. The third kappa shape index (κ3) is 5.63. The lowest BCUT2D eigenvalue weighted by atomic mass is 10.1. The molecular formula is C25H29F2N5O3S. The van der Waals surface area contributed by atoms with E-state index in [9.17, 15) is 8.42 Å². The molecule has 0 unspecified atom stereocenters. The average Bonchev–Trinajstić information content (AvgIpc) is 2.87. The van der Waals surface area contributed by atoms with Crippen molar-refractivity contribution in [2.24, 2.45) is 0 Å². The second-order valence-corrected chi connectivity index (χ2v) is 10.5. The Balaban J connectivity index is 1.53. The zero-order valence-electron chi connectivity index (χ0n) is 20.4. The van der Waals surface area contributed by atoms with Gasteiger partial charge in [-0.05, 0) is 44.2 Å². The van der Waals surface area contributed by atoms with Gasteiger partial charge in [0.15, 0.2) is 11.6 Å². The van der Waals surface area contributed by atoms with Crippen LogP contribution in [-0.4, -0.2) is 67.5 Å². The Morgan fingerprint density at radius 2 is 1.78 bits per heavy atom. The molecule has 4 rings (SSSR count). The van der Waals surface area contributed by atoms with Gasteiger partial charge in [0.05, 0.1) is 18.5 Å². The second kappa shape index (κ2) is 10.9. The molecule has 1 aromatic carbocycles. The van der Waals surface area contributed by atoms with Crippen LogP contribution in [0, 0.1) is 11.6 Å². The van der Waals surface area contributed by atoms with Crippen LogP contribution in [0.5, 0.6) is 5.88 Å². The summed E-state index contributed by atoms with van der Waals surface area (Å²) in [5, 5.41) is 0. The quantitative estimate of drug-likeness (QED) is 0.487. The summed E-state index contributed by atoms with van der Waals surface area (Å²) in [5.41, 5.74) is 0.454. The Morgan fingerprint density at radius 1 is 1.03 bits per heavy atom. The molecule has 3 heterocycles. The SMILES string of the molecule is COc1ncccc1S(=O)(=O)Nc1ccnc(-c2ccc(CN3CCN(C(C)C)CC3)c(F)c2F)c1. The Kier molecular flexibility index (Phi) is 7.82. The maximum Gasteiger partial charge on any atom is 0.267 e. The van der Waals surface area contributed by atoms with E-state index < -0.39 is 21.7 Å². The molecule has 0 spiro atoms. The topological polar surface area (TPSA) is 87.7 Å². The number of rotatable bonds is 8. The molecular weight excluding hydrogens is 488 g/mol. The van der Waals surface area contributed by atoms with Crippen LogP contribution in [0.25, 0.3) is 11.3 Å². The molecule has 0 bridgehead atoms. The largest absolute Gasteiger partial charge is 0.480 e. The number of nitrogens with one attached hydrogen (secondary N) is 1. The van der Waals surface area contributed by atoms with Crippen LogP contribution < -0.4 is 9.46 Å². The van der Waals surface area contributed by atoms with Gasteiger partial charge in [-0.15, -0.1) is 0 Å². The molecule has 1 fully saturated rings. The fraction of sp³-hybridized carbons (Fsp3) is 0.360. The summed E-state index contributed by atoms with van der Waals surface area (Å²) in [7, 11) is -2.73. The van der Waals surface area contributed by atoms with E-state index in [0.29, 0.717) is 12.6 Å². The monoisotopic (exact) mass is 517 g/mol. The van der Waals surface area contributed by atoms with Gasteiger partial charge in [0.2, 0.25) is 5.88 Å². The average molecular weight is 518 g/mol. The molecule has 1 aliphatic rings. The number of ether oxygens (including phenoxy) is 1. The number of halogens is 2. The number of nitrogens with zero attached hydrogens (tertiary/aromatic N) is 4. The molecule has 1 aliphatic heterocycles. The van der Waals surface area contributed by atoms with E-state index in [2.05, 4.69) is 38.3 Å². The summed E-state index contributed by atoms with van der Waals surface area (Å²) < 4.78 is 63.3. The fourth-order valence-corrected chi connectivity index (χ4v) is 5.34. The number of aromatic nitrogens is 2. The summed E-state index contributed by atoms with van der Waals surface area (Å²) in [5.74, 6) is -2.00. The number of methoxy groups -OCH3 is 1. The summed E-state index contributed by atoms with van der Waals surface area (Å²) >= 11 is 0. The Bertz CT molecular complexity index is 1330. The van der Waals surface area contributed by atoms with Crippen LogP contribution in [0.2, 0.25) is 0 Å². The first-order valence-electron chi connectivity index (χ1n) is 11.6. The van der Waals surface area contributed by atoms with Crippen LogP contribution in [0.15, 0.2) is 53.7 Å². The van der Waals surface area contributed by atoms with Gasteiger partial charge in [0.25, 0.3) is 10.0 Å². The first-order valence-corrected chi connectivity index (χ1v) is 13.1. The van der Waals surface area contributed by atoms with Crippen LogP contribution >= 0.6 is 0 Å². The number of benzene rings is 1. The predicted molar refractivity (Wildman–Crippen MR) is 133 cm³/mol. The molecule has 0 saturated carbocycles. The maximum atomic E-state index is 15.1. The Labute approximate surface area is 210 Å². The highest BCUT2D eigenvalue weighted by atomic mass is 32.2. The van der Waals surface area contributed by atoms with E-state index in [4.69, 9.17) is 4.74 Å². The molecule has 0 radical (unpaired) electrons. The van der Waals surface area contributed by atoms with Crippen molar-refractivity contribution in [3.8, 4) is 17.1 Å². The Hall–Kier alpha value is -3.15. The van der Waals surface area contributed by atoms with Crippen molar-refractivity contribution in [1.29, 1.82) is 0 Å². The van der Waals surface area contributed by atoms with Crippen molar-refractivity contribution in [3.63, 3.8) is 0 Å². The minimum atomic E-state index is -4.05. The van der Waals surface area contributed by atoms with Crippen molar-refractivity contribution >= 4 is 15.7 Å². The molecule has 0 atom stereocenters. The van der Waals surface area contributed by atoms with E-state index in [-0.39, 0.29) is 33.3 Å². The van der Waals surface area contributed by atoms with Crippen molar-refractivity contribution < 1.29 is 21.9 Å². The van der Waals surface area contributed by atoms with Gasteiger partial charge in [-0.1, -0.05) is 6.07 Å². The van der Waals surface area contributed by atoms with Gasteiger partial charge in [0.1, 0.15) is 4.90 Å². The Morgan fingerprint density at radius 3 is 2.47 bits per heavy atom. The van der Waals surface area contributed by atoms with Crippen molar-refractivity contribution in [2.75, 3.05) is 38.0 Å². The van der Waals surface area contributed by atoms with Gasteiger partial charge in [-0.3, -0.25) is 19.5 Å². The van der Waals surface area contributed by atoms with E-state index >= 15 is 8.78 Å². The van der Waals surface area contributed by atoms with Gasteiger partial charge >= 0.3 is 0 Å². The predicted octanol–water partition coefficient (Wildman–Crippen LogP) is 3.76. The normalized spacial score (nSPS) is 15.3. The summed E-state index contributed by atoms with van der Waals surface area (Å²) in [4.78, 5) is 12.3. The van der Waals surface area contributed by atoms with Crippen molar-refractivity contribution in [1.82, 2.24) is 19.8 Å². The fourth-order valence-electron chi connectivity index (χ4n) is 4.17. The smallest absolute Gasteiger partial charge is 0.267 e. The minimum Gasteiger partial charge on any atom is -0.480 e. The first kappa shape index (κ1) is 25.9. The highest BCUT2D eigenvalue weighted by Crippen LogP contribution is 2.29. The zero-order chi connectivity index (χ0) is 25.9. The highest BCUT2D eigenvalue weighted by molar-refractivity contribution is 7.92. The van der Waals surface area contributed by atoms with Gasteiger partial charge < -0.3 is 4.74 Å². The molecule has 192 valence electrons. The third-order valence-corrected chi connectivity index (χ3v) is 7.59. The molecule has 8 nitrogen and oxygen atoms in total. The lowest BCUT2D eigenvalue weighted by Crippen LogP contribution is -2.48. The van der Waals surface area contributed by atoms with E-state index in [1.165, 1.54) is 49.8 Å². The number of hydrogen-bond acceptors (Lipinski definition) is 7. The van der Waals surface area contributed by atoms with Crippen LogP contribution in [0.1, 0.15) is 19.4 Å². The van der Waals surface area contributed by atoms with Crippen LogP contribution in [0.4, 0.5) is 14.5 Å². The first-order chi connectivity index (χ1) is 17.2. The standard InChI is InChI=1S/C25H29F2N5O3S/c1-17(2)32-13-11-31(12-14-32)16-18-6-7-20(24(27)23(18)26)21-15-19(8-10-28-21)30-36(33,34)22-5-4-9-29-25(22)35-3/h4-10,15,17H,11-14,16H2,1-3H3,(H,28,30). The molecule has 2 aromatic heterocycles. The van der Waals surface area contributed by atoms with Crippen molar-refractivity contribution in [3.05, 3.63) is 66.0 Å². The molecule has 36 heavy (non-hydrogen) atoms. The van der Waals surface area contributed by atoms with E-state index in [1.807, 2.05) is 0 Å².